The van der Waals surface area contributed by atoms with Crippen LogP contribution in [0.5, 0.6) is 17.2 Å². The van der Waals surface area contributed by atoms with Crippen molar-refractivity contribution < 1.29 is 89.0 Å². The van der Waals surface area contributed by atoms with Crippen molar-refractivity contribution >= 4 is 125 Å². The van der Waals surface area contributed by atoms with E-state index < -0.39 is 147 Å². The quantitative estimate of drug-likeness (QED) is 0.0141. The summed E-state index contributed by atoms with van der Waals surface area (Å²) in [6, 6.07) is 26.0. The Bertz CT molecular complexity index is 3430. The maximum Gasteiger partial charge on any atom is 0.410 e. The molecule has 4 saturated heterocycles. The second-order valence-electron chi connectivity index (χ2n) is 29.2. The molecule has 4 heterocycles. The van der Waals surface area contributed by atoms with E-state index in [2.05, 4.69) is 130 Å². The van der Waals surface area contributed by atoms with E-state index in [1.807, 2.05) is 52.0 Å². The van der Waals surface area contributed by atoms with Crippen molar-refractivity contribution in [3.63, 3.8) is 0 Å². The molecule has 1 aliphatic carbocycles. The van der Waals surface area contributed by atoms with Crippen molar-refractivity contribution in [2.24, 2.45) is 5.16 Å². The minimum Gasteiger partial charge on any atom is -0.492 e. The number of ether oxygens (including phenoxy) is 12. The Kier molecular flexibility index (Phi) is 34.5. The number of carbonyl (C=O) groups is 2. The molecule has 8 rings (SSSR count). The molecule has 3 aromatic carbocycles. The number of methoxy groups -OCH3 is 4. The Morgan fingerprint density at radius 2 is 1.15 bits per heavy atom. The Hall–Kier alpha value is -2.68. The van der Waals surface area contributed by atoms with E-state index in [1.165, 1.54) is 7.11 Å². The van der Waals surface area contributed by atoms with E-state index in [-0.39, 0.29) is 48.6 Å². The molecule has 5 aliphatic rings. The Balaban J connectivity index is 1.09. The van der Waals surface area contributed by atoms with Crippen LogP contribution in [0.4, 0.5) is 4.79 Å². The van der Waals surface area contributed by atoms with Gasteiger partial charge in [-0.25, -0.2) is 4.79 Å². The lowest BCUT2D eigenvalue weighted by Crippen LogP contribution is -2.65. The zero-order valence-corrected chi connectivity index (χ0v) is 77.3. The SMILES string of the molecule is CCN(C(=O)OCC1c2ccccc2-c2ccccc21)[C@H]1CO[C@@H](O[C@H]2[C@H](OC(=N)C(Cl)(Cl)Cl)O[C@H](C)/C(=N\O[C@H]3C[C@H](O[Si](CC)(CC)CC)[C@H](SC(=O)c4c(C)c(I)c(O[C@@H]5O[C@@H](C)[C@H](O[Si](CC)(CC)CC)[C@@H](OC)[C@H]5O[Si](CC)(CC)CC)c(OC)c4OC)[C@@H](C)O3)[C@@H]2O[Si](CC)(CC)CC)C[C@@H]1OC. The van der Waals surface area contributed by atoms with Crippen LogP contribution in [-0.4, -0.2) is 210 Å². The van der Waals surface area contributed by atoms with Crippen molar-refractivity contribution in [1.82, 2.24) is 4.90 Å². The molecule has 4 fully saturated rings. The zero-order valence-electron chi connectivity index (χ0n) is 68.0. The van der Waals surface area contributed by atoms with Crippen LogP contribution in [0.15, 0.2) is 53.7 Å². The number of oxime groups is 1. The van der Waals surface area contributed by atoms with Crippen LogP contribution in [0.25, 0.3) is 11.1 Å². The highest BCUT2D eigenvalue weighted by Crippen LogP contribution is 2.51. The fourth-order valence-electron chi connectivity index (χ4n) is 16.3. The monoisotopic (exact) mass is 1780 g/mol. The summed E-state index contributed by atoms with van der Waals surface area (Å²) >= 11 is 22.4. The smallest absolute Gasteiger partial charge is 0.410 e. The van der Waals surface area contributed by atoms with Crippen LogP contribution in [0, 0.1) is 15.9 Å². The number of thioether (sulfide) groups is 1. The van der Waals surface area contributed by atoms with E-state index in [0.717, 1.165) is 107 Å². The fourth-order valence-corrected chi connectivity index (χ4v) is 29.8. The van der Waals surface area contributed by atoms with E-state index in [9.17, 15) is 4.79 Å². The third-order valence-corrected chi connectivity index (χ3v) is 45.9. The van der Waals surface area contributed by atoms with Crippen molar-refractivity contribution in [1.29, 1.82) is 5.41 Å². The number of nitrogens with one attached hydrogen (secondary N) is 1. The summed E-state index contributed by atoms with van der Waals surface area (Å²) in [5.74, 6) is -0.0718. The highest BCUT2D eigenvalue weighted by molar-refractivity contribution is 14.1. The van der Waals surface area contributed by atoms with Crippen molar-refractivity contribution in [2.45, 2.75) is 310 Å². The summed E-state index contributed by atoms with van der Waals surface area (Å²) < 4.78 is 107. The predicted octanol–water partition coefficient (Wildman–Crippen LogP) is 19.0. The van der Waals surface area contributed by atoms with Gasteiger partial charge in [0.2, 0.25) is 35.6 Å². The van der Waals surface area contributed by atoms with Crippen LogP contribution in [0.3, 0.4) is 0 Å². The Morgan fingerprint density at radius 3 is 1.66 bits per heavy atom. The van der Waals surface area contributed by atoms with Gasteiger partial charge in [-0.15, -0.1) is 0 Å². The average molecular weight is 1780 g/mol. The van der Waals surface area contributed by atoms with Crippen LogP contribution in [0.1, 0.15) is 157 Å². The first-order valence-corrected chi connectivity index (χ1v) is 52.7. The second kappa shape index (κ2) is 40.9. The van der Waals surface area contributed by atoms with Crippen molar-refractivity contribution in [3.8, 4) is 28.4 Å². The van der Waals surface area contributed by atoms with Crippen LogP contribution >= 0.6 is 69.2 Å². The van der Waals surface area contributed by atoms with Gasteiger partial charge in [0.1, 0.15) is 36.7 Å². The summed E-state index contributed by atoms with van der Waals surface area (Å²) in [5, 5.41) is 13.0. The molecule has 22 nitrogen and oxygen atoms in total. The first kappa shape index (κ1) is 91.8. The maximum atomic E-state index is 15.6. The van der Waals surface area contributed by atoms with Gasteiger partial charge in [0.05, 0.1) is 71.8 Å². The highest BCUT2D eigenvalue weighted by Gasteiger charge is 2.56. The number of rotatable bonds is 37. The number of alkyl halides is 3. The standard InChI is InChI=1S/C78H123Cl3IN3O19SSi4/c1-22-85(77(87)93-45-55-53-41-37-35-39-51(53)52-40-36-38-42-54(52)55)56-46-92-59(43-57(56)88-18)97-70-67(103-108(29-8,30-9)31-10)63(48(15)95-74(70)99-76(83)78(79,80)81)84-100-60-44-58(101-106(23-2,24-3)25-4)72(50(17)94-60)105-73(86)61-47(14)62(82)66(69(91-21)65(61)89-19)98-75-71(104-109(32-11,33-12)34-13)68(90-20)64(49(16)96-75)102-107(26-5,27-6)28-7/h35-42,48-50,55-60,64,67-68,70-72,74-75,83H,22-34,43-46H2,1-21H3/b83-76?,84-63+/t48-,49+,50-,56+,57+,58+,59+,60+,64+,67+,68-,70-,71-,72-,74+,75+/m1/s1. The molecule has 0 bridgehead atoms. The van der Waals surface area contributed by atoms with E-state index in [0.29, 0.717) is 32.7 Å². The molecule has 0 saturated carbocycles. The van der Waals surface area contributed by atoms with Gasteiger partial charge in [-0.2, -0.15) is 0 Å². The lowest BCUT2D eigenvalue weighted by atomic mass is 9.98. The molecule has 3 aromatic rings. The minimum absolute atomic E-state index is 0.00298. The lowest BCUT2D eigenvalue weighted by molar-refractivity contribution is -0.284. The number of hydrogen-bond donors (Lipinski definition) is 1. The molecular weight excluding hydrogens is 1660 g/mol. The minimum atomic E-state index is -2.67. The molecule has 0 unspecified atom stereocenters. The van der Waals surface area contributed by atoms with E-state index in [1.54, 1.807) is 33.2 Å². The number of amides is 1. The van der Waals surface area contributed by atoms with Crippen molar-refractivity contribution in [2.75, 3.05) is 48.2 Å². The normalized spacial score (nSPS) is 27.4. The molecule has 1 amide bonds. The van der Waals surface area contributed by atoms with Gasteiger partial charge in [-0.3, -0.25) is 10.2 Å². The molecule has 0 radical (unpaired) electrons. The summed E-state index contributed by atoms with van der Waals surface area (Å²) in [6.45, 7) is 36.0. The molecular formula is C78H123Cl3IN3O19SSi4. The third kappa shape index (κ3) is 20.5. The number of halogens is 4. The second-order valence-corrected chi connectivity index (χ2v) is 52.6. The number of benzene rings is 3. The van der Waals surface area contributed by atoms with Gasteiger partial charge >= 0.3 is 6.09 Å². The Labute approximate surface area is 685 Å². The van der Waals surface area contributed by atoms with E-state index >= 15 is 4.79 Å². The summed E-state index contributed by atoms with van der Waals surface area (Å²) in [5.41, 5.74) is 5.70. The molecule has 1 N–H and O–H groups in total. The molecule has 16 atom stereocenters. The van der Waals surface area contributed by atoms with Gasteiger partial charge in [0.15, 0.2) is 57.2 Å². The molecule has 0 aromatic heterocycles. The van der Waals surface area contributed by atoms with Gasteiger partial charge in [-0.1, -0.05) is 183 Å². The molecule has 109 heavy (non-hydrogen) atoms. The van der Waals surface area contributed by atoms with Crippen molar-refractivity contribution in [3.05, 3.63) is 74.4 Å². The van der Waals surface area contributed by atoms with Crippen LogP contribution in [-0.2, 0) is 65.2 Å². The third-order valence-electron chi connectivity index (χ3n) is 24.1. The van der Waals surface area contributed by atoms with Gasteiger partial charge in [-0.05, 0) is 158 Å². The van der Waals surface area contributed by atoms with Crippen LogP contribution < -0.4 is 14.2 Å². The predicted molar refractivity (Wildman–Crippen MR) is 449 cm³/mol. The van der Waals surface area contributed by atoms with Gasteiger partial charge in [0, 0.05) is 39.5 Å². The number of nitrogens with zero attached hydrogens (tertiary/aromatic N) is 2. The Morgan fingerprint density at radius 1 is 0.624 bits per heavy atom. The fraction of sp³-hybridized carbons (Fsp3) is 0.718. The van der Waals surface area contributed by atoms with Gasteiger partial charge < -0.3 is 84.3 Å². The average Bonchev–Trinajstić information content (AvgIpc) is 1.16. The lowest BCUT2D eigenvalue weighted by Gasteiger charge is -2.49. The molecule has 4 aliphatic heterocycles. The number of carbonyl (C=O) groups excluding carboxylic acids is 2. The summed E-state index contributed by atoms with van der Waals surface area (Å²) in [4.78, 5) is 38.3. The summed E-state index contributed by atoms with van der Waals surface area (Å²) in [7, 11) is -3.28. The first-order chi connectivity index (χ1) is 52.0. The molecule has 0 spiro atoms. The zero-order chi connectivity index (χ0) is 80.1. The largest absolute Gasteiger partial charge is 0.492 e. The number of hydrogen-bond acceptors (Lipinski definition) is 22. The van der Waals surface area contributed by atoms with E-state index in [4.69, 9.17) is 125 Å². The van der Waals surface area contributed by atoms with Gasteiger partial charge in [0.25, 0.3) is 3.79 Å². The molecule has 31 heteroatoms. The highest BCUT2D eigenvalue weighted by atomic mass is 127. The topological polar surface area (TPSA) is 230 Å². The summed E-state index contributed by atoms with van der Waals surface area (Å²) in [6.07, 6.45) is -11.6. The number of likely N-dealkylation sites (N-methyl/N-ethyl adjacent to an activating group) is 1. The molecule has 614 valence electrons. The maximum absolute atomic E-state index is 15.6. The number of fused-ring (bicyclic) bond motifs is 3. The van der Waals surface area contributed by atoms with Crippen LogP contribution in [0.2, 0.25) is 72.5 Å². The first-order valence-electron chi connectivity index (χ1n) is 39.5.